The Kier molecular flexibility index (Phi) is 6.26. The zero-order valence-corrected chi connectivity index (χ0v) is 10.7. The number of carbonyl (C=O) groups is 2. The van der Waals surface area contributed by atoms with Crippen molar-refractivity contribution in [1.29, 1.82) is 0 Å². The lowest BCUT2D eigenvalue weighted by Gasteiger charge is -2.25. The second-order valence-corrected chi connectivity index (χ2v) is 5.03. The molecular formula is C12H23NO3. The first-order valence-corrected chi connectivity index (χ1v) is 5.73. The summed E-state index contributed by atoms with van der Waals surface area (Å²) in [6, 6.07) is 0. The molecule has 0 atom stereocenters. The molecule has 94 valence electrons. The number of amides is 1. The second kappa shape index (κ2) is 6.63. The van der Waals surface area contributed by atoms with Gasteiger partial charge in [0.2, 0.25) is 5.91 Å². The second-order valence-electron chi connectivity index (χ2n) is 5.03. The van der Waals surface area contributed by atoms with E-state index < -0.39 is 5.54 Å². The molecule has 0 aromatic heterocycles. The Hall–Kier alpha value is -0.900. The molecule has 0 rings (SSSR count). The van der Waals surface area contributed by atoms with E-state index in [0.717, 1.165) is 0 Å². The van der Waals surface area contributed by atoms with Gasteiger partial charge in [0, 0.05) is 30.9 Å². The van der Waals surface area contributed by atoms with Crippen LogP contribution in [0.3, 0.4) is 0 Å². The van der Waals surface area contributed by atoms with Gasteiger partial charge in [-0.05, 0) is 20.3 Å². The topological polar surface area (TPSA) is 66.4 Å². The van der Waals surface area contributed by atoms with Crippen LogP contribution in [0.1, 0.15) is 47.0 Å². The average Bonchev–Trinajstić information content (AvgIpc) is 2.12. The Morgan fingerprint density at radius 3 is 2.25 bits per heavy atom. The first-order valence-electron chi connectivity index (χ1n) is 5.73. The van der Waals surface area contributed by atoms with Crippen molar-refractivity contribution in [3.8, 4) is 0 Å². The van der Waals surface area contributed by atoms with Crippen molar-refractivity contribution in [3.63, 3.8) is 0 Å². The first kappa shape index (κ1) is 15.1. The van der Waals surface area contributed by atoms with Gasteiger partial charge >= 0.3 is 0 Å². The smallest absolute Gasteiger partial charge is 0.220 e. The number of nitrogens with one attached hydrogen (secondary N) is 1. The summed E-state index contributed by atoms with van der Waals surface area (Å²) in [5.74, 6) is -0.0409. The molecule has 0 spiro atoms. The summed E-state index contributed by atoms with van der Waals surface area (Å²) in [6.07, 6.45) is 1.03. The van der Waals surface area contributed by atoms with Gasteiger partial charge in [0.25, 0.3) is 0 Å². The minimum atomic E-state index is -0.410. The van der Waals surface area contributed by atoms with E-state index in [0.29, 0.717) is 12.8 Å². The van der Waals surface area contributed by atoms with E-state index in [2.05, 4.69) is 5.32 Å². The van der Waals surface area contributed by atoms with Gasteiger partial charge in [-0.3, -0.25) is 9.59 Å². The molecule has 2 N–H and O–H groups in total. The highest BCUT2D eigenvalue weighted by atomic mass is 16.3. The molecule has 4 heteroatoms. The van der Waals surface area contributed by atoms with Gasteiger partial charge < -0.3 is 10.4 Å². The maximum Gasteiger partial charge on any atom is 0.220 e. The maximum atomic E-state index is 11.5. The van der Waals surface area contributed by atoms with E-state index in [9.17, 15) is 9.59 Å². The zero-order chi connectivity index (χ0) is 12.8. The van der Waals surface area contributed by atoms with Gasteiger partial charge in [-0.2, -0.15) is 0 Å². The van der Waals surface area contributed by atoms with Crippen LogP contribution in [0.4, 0.5) is 0 Å². The van der Waals surface area contributed by atoms with Gasteiger partial charge in [0.1, 0.15) is 5.78 Å². The number of ketones is 1. The summed E-state index contributed by atoms with van der Waals surface area (Å²) in [4.78, 5) is 22.8. The van der Waals surface area contributed by atoms with Crippen LogP contribution < -0.4 is 5.32 Å². The molecule has 0 aliphatic carbocycles. The monoisotopic (exact) mass is 229 g/mol. The molecule has 0 aliphatic heterocycles. The van der Waals surface area contributed by atoms with Crippen LogP contribution in [0.5, 0.6) is 0 Å². The molecule has 0 aromatic carbocycles. The summed E-state index contributed by atoms with van der Waals surface area (Å²) in [6.45, 7) is 7.40. The molecule has 0 radical (unpaired) electrons. The predicted molar refractivity (Wildman–Crippen MR) is 63.0 cm³/mol. The fourth-order valence-corrected chi connectivity index (χ4v) is 1.31. The van der Waals surface area contributed by atoms with Crippen molar-refractivity contribution >= 4 is 11.7 Å². The average molecular weight is 229 g/mol. The Balaban J connectivity index is 3.95. The van der Waals surface area contributed by atoms with Crippen molar-refractivity contribution in [2.45, 2.75) is 52.5 Å². The lowest BCUT2D eigenvalue weighted by atomic mass is 10.00. The van der Waals surface area contributed by atoms with Gasteiger partial charge in [-0.15, -0.1) is 0 Å². The van der Waals surface area contributed by atoms with E-state index in [-0.39, 0.29) is 30.6 Å². The highest BCUT2D eigenvalue weighted by Gasteiger charge is 2.20. The number of hydrogen-bond acceptors (Lipinski definition) is 3. The van der Waals surface area contributed by atoms with Crippen LogP contribution >= 0.6 is 0 Å². The van der Waals surface area contributed by atoms with Crippen LogP contribution in [0, 0.1) is 5.92 Å². The number of aliphatic hydroxyl groups is 1. The highest BCUT2D eigenvalue weighted by molar-refractivity contribution is 5.86. The molecule has 0 unspecified atom stereocenters. The largest absolute Gasteiger partial charge is 0.396 e. The van der Waals surface area contributed by atoms with Gasteiger partial charge in [0.15, 0.2) is 0 Å². The summed E-state index contributed by atoms with van der Waals surface area (Å²) < 4.78 is 0. The molecule has 0 saturated heterocycles. The number of rotatable bonds is 7. The molecule has 0 aromatic rings. The number of aliphatic hydroxyl groups excluding tert-OH is 1. The van der Waals surface area contributed by atoms with Crippen molar-refractivity contribution in [2.24, 2.45) is 5.92 Å². The third-order valence-electron chi connectivity index (χ3n) is 2.46. The molecular weight excluding hydrogens is 206 g/mol. The van der Waals surface area contributed by atoms with Crippen molar-refractivity contribution in [2.75, 3.05) is 6.61 Å². The van der Waals surface area contributed by atoms with E-state index in [4.69, 9.17) is 5.11 Å². The predicted octanol–water partition coefficient (Wildman–Crippen LogP) is 1.27. The minimum Gasteiger partial charge on any atom is -0.396 e. The number of hydrogen-bond donors (Lipinski definition) is 2. The number of carbonyl (C=O) groups excluding carboxylic acids is 2. The highest BCUT2D eigenvalue weighted by Crippen LogP contribution is 2.08. The van der Waals surface area contributed by atoms with E-state index in [1.54, 1.807) is 0 Å². The van der Waals surface area contributed by atoms with Crippen molar-refractivity contribution < 1.29 is 14.7 Å². The van der Waals surface area contributed by atoms with Crippen molar-refractivity contribution in [3.05, 3.63) is 0 Å². The normalized spacial score (nSPS) is 11.6. The van der Waals surface area contributed by atoms with Crippen LogP contribution in [0.15, 0.2) is 0 Å². The van der Waals surface area contributed by atoms with Gasteiger partial charge in [-0.1, -0.05) is 13.8 Å². The standard InChI is InChI=1S/C12H23NO3/c1-9(2)10(15)5-6-11(16)13-12(3,4)7-8-14/h9,14H,5-8H2,1-4H3,(H,13,16). The summed E-state index contributed by atoms with van der Waals surface area (Å²) in [5, 5.41) is 11.6. The fourth-order valence-electron chi connectivity index (χ4n) is 1.31. The van der Waals surface area contributed by atoms with Crippen LogP contribution in [0.25, 0.3) is 0 Å². The van der Waals surface area contributed by atoms with E-state index in [1.165, 1.54) is 0 Å². The Morgan fingerprint density at radius 1 is 1.25 bits per heavy atom. The summed E-state index contributed by atoms with van der Waals surface area (Å²) in [7, 11) is 0. The zero-order valence-electron chi connectivity index (χ0n) is 10.7. The third kappa shape index (κ3) is 6.56. The fraction of sp³-hybridized carbons (Fsp3) is 0.833. The Morgan fingerprint density at radius 2 is 1.81 bits per heavy atom. The third-order valence-corrected chi connectivity index (χ3v) is 2.46. The molecule has 0 bridgehead atoms. The molecule has 0 heterocycles. The molecule has 0 aliphatic rings. The quantitative estimate of drug-likeness (QED) is 0.691. The van der Waals surface area contributed by atoms with Crippen LogP contribution in [-0.4, -0.2) is 28.9 Å². The minimum absolute atomic E-state index is 0.0155. The summed E-state index contributed by atoms with van der Waals surface area (Å²) in [5.41, 5.74) is -0.410. The molecule has 1 amide bonds. The van der Waals surface area contributed by atoms with Gasteiger partial charge in [0.05, 0.1) is 0 Å². The molecule has 0 fully saturated rings. The molecule has 0 saturated carbocycles. The summed E-state index contributed by atoms with van der Waals surface area (Å²) >= 11 is 0. The van der Waals surface area contributed by atoms with Crippen LogP contribution in [0.2, 0.25) is 0 Å². The molecule has 16 heavy (non-hydrogen) atoms. The number of Topliss-reactive ketones (excluding diaryl/α,β-unsaturated/α-hetero) is 1. The lowest BCUT2D eigenvalue weighted by Crippen LogP contribution is -2.44. The van der Waals surface area contributed by atoms with Crippen LogP contribution in [-0.2, 0) is 9.59 Å². The molecule has 4 nitrogen and oxygen atoms in total. The SMILES string of the molecule is CC(C)C(=O)CCC(=O)NC(C)(C)CCO. The Bertz CT molecular complexity index is 247. The van der Waals surface area contributed by atoms with Gasteiger partial charge in [-0.25, -0.2) is 0 Å². The van der Waals surface area contributed by atoms with E-state index >= 15 is 0 Å². The van der Waals surface area contributed by atoms with Crippen molar-refractivity contribution in [1.82, 2.24) is 5.32 Å². The van der Waals surface area contributed by atoms with E-state index in [1.807, 2.05) is 27.7 Å². The first-order chi connectivity index (χ1) is 7.28. The lowest BCUT2D eigenvalue weighted by molar-refractivity contribution is -0.127. The Labute approximate surface area is 97.4 Å². The maximum absolute atomic E-state index is 11.5.